The van der Waals surface area contributed by atoms with Crippen LogP contribution in [0.1, 0.15) is 43.1 Å². The Bertz CT molecular complexity index is 1180. The Morgan fingerprint density at radius 2 is 1.50 bits per heavy atom. The Balaban J connectivity index is 1.54. The smallest absolute Gasteiger partial charge is 0.411 e. The molecule has 0 aliphatic carbocycles. The van der Waals surface area contributed by atoms with Gasteiger partial charge in [0.2, 0.25) is 11.8 Å². The standard InChI is InChI=1S/C29H31N3O4/c1-20(2)17-25(33)31-24-15-13-23(14-16-24)27-26(28(34)30-18-21-9-5-3-6-10-21)32(29(35)36-27)19-22-11-7-4-8-12-22/h3-16,20,26-27H,17-19H2,1-2H3,(H,30,34)(H,31,33). The van der Waals surface area contributed by atoms with Crippen molar-refractivity contribution in [1.29, 1.82) is 0 Å². The molecule has 1 aliphatic heterocycles. The van der Waals surface area contributed by atoms with Crippen LogP contribution in [0.3, 0.4) is 0 Å². The van der Waals surface area contributed by atoms with Crippen LogP contribution in [0.25, 0.3) is 0 Å². The van der Waals surface area contributed by atoms with Gasteiger partial charge in [0.25, 0.3) is 0 Å². The normalized spacial score (nSPS) is 17.1. The van der Waals surface area contributed by atoms with Crippen molar-refractivity contribution < 1.29 is 19.1 Å². The summed E-state index contributed by atoms with van der Waals surface area (Å²) in [5, 5.41) is 5.84. The van der Waals surface area contributed by atoms with Gasteiger partial charge in [-0.25, -0.2) is 4.79 Å². The quantitative estimate of drug-likeness (QED) is 0.444. The molecule has 1 aliphatic rings. The molecule has 0 saturated carbocycles. The highest BCUT2D eigenvalue weighted by Crippen LogP contribution is 2.34. The molecule has 2 N–H and O–H groups in total. The molecule has 3 aromatic carbocycles. The SMILES string of the molecule is CC(C)CC(=O)Nc1ccc(C2OC(=O)N(Cc3ccccc3)C2C(=O)NCc2ccccc2)cc1. The summed E-state index contributed by atoms with van der Waals surface area (Å²) in [6.07, 6.45) is -0.893. The summed E-state index contributed by atoms with van der Waals surface area (Å²) < 4.78 is 5.73. The maximum absolute atomic E-state index is 13.4. The highest BCUT2D eigenvalue weighted by molar-refractivity contribution is 5.91. The third-order valence-corrected chi connectivity index (χ3v) is 5.98. The lowest BCUT2D eigenvalue weighted by atomic mass is 10.00. The van der Waals surface area contributed by atoms with Crippen molar-refractivity contribution >= 4 is 23.6 Å². The average molecular weight is 486 g/mol. The van der Waals surface area contributed by atoms with Crippen molar-refractivity contribution in [2.24, 2.45) is 5.92 Å². The van der Waals surface area contributed by atoms with E-state index in [2.05, 4.69) is 10.6 Å². The van der Waals surface area contributed by atoms with Gasteiger partial charge >= 0.3 is 6.09 Å². The largest absolute Gasteiger partial charge is 0.438 e. The number of nitrogens with zero attached hydrogens (tertiary/aromatic N) is 1. The minimum absolute atomic E-state index is 0.0581. The van der Waals surface area contributed by atoms with E-state index in [-0.39, 0.29) is 24.3 Å². The van der Waals surface area contributed by atoms with Crippen LogP contribution < -0.4 is 10.6 Å². The topological polar surface area (TPSA) is 87.7 Å². The van der Waals surface area contributed by atoms with Crippen LogP contribution in [-0.4, -0.2) is 28.8 Å². The first-order valence-corrected chi connectivity index (χ1v) is 12.1. The summed E-state index contributed by atoms with van der Waals surface area (Å²) in [7, 11) is 0. The van der Waals surface area contributed by atoms with Crippen molar-refractivity contribution in [3.8, 4) is 0 Å². The van der Waals surface area contributed by atoms with Gasteiger partial charge in [0.05, 0.1) is 6.54 Å². The van der Waals surface area contributed by atoms with E-state index in [1.54, 1.807) is 24.3 Å². The van der Waals surface area contributed by atoms with Gasteiger partial charge in [0.1, 0.15) is 0 Å². The lowest BCUT2D eigenvalue weighted by Crippen LogP contribution is -2.46. The summed E-state index contributed by atoms with van der Waals surface area (Å²) in [4.78, 5) is 39.9. The first kappa shape index (κ1) is 25.0. The Labute approximate surface area is 211 Å². The zero-order valence-electron chi connectivity index (χ0n) is 20.5. The van der Waals surface area contributed by atoms with Crippen LogP contribution in [0.15, 0.2) is 84.9 Å². The molecule has 0 spiro atoms. The molecule has 2 unspecified atom stereocenters. The molecule has 1 saturated heterocycles. The average Bonchev–Trinajstić information content (AvgIpc) is 3.19. The van der Waals surface area contributed by atoms with Crippen LogP contribution in [0.4, 0.5) is 10.5 Å². The summed E-state index contributed by atoms with van der Waals surface area (Å²) in [5.74, 6) is -0.0925. The summed E-state index contributed by atoms with van der Waals surface area (Å²) in [6.45, 7) is 4.57. The Hall–Kier alpha value is -4.13. The fourth-order valence-corrected chi connectivity index (χ4v) is 4.22. The molecule has 1 fully saturated rings. The number of benzene rings is 3. The zero-order valence-corrected chi connectivity index (χ0v) is 20.5. The Morgan fingerprint density at radius 1 is 0.889 bits per heavy atom. The summed E-state index contributed by atoms with van der Waals surface area (Å²) >= 11 is 0. The molecule has 0 aromatic heterocycles. The van der Waals surface area contributed by atoms with Gasteiger partial charge in [-0.15, -0.1) is 0 Å². The van der Waals surface area contributed by atoms with Gasteiger partial charge in [-0.2, -0.15) is 0 Å². The van der Waals surface area contributed by atoms with Gasteiger partial charge in [-0.05, 0) is 34.7 Å². The number of anilines is 1. The summed E-state index contributed by atoms with van der Waals surface area (Å²) in [6, 6.07) is 25.4. The third kappa shape index (κ3) is 6.30. The minimum Gasteiger partial charge on any atom is -0.438 e. The fraction of sp³-hybridized carbons (Fsp3) is 0.276. The number of carbonyl (C=O) groups excluding carboxylic acids is 3. The van der Waals surface area contributed by atoms with Crippen LogP contribution in [0.2, 0.25) is 0 Å². The summed E-state index contributed by atoms with van der Waals surface area (Å²) in [5.41, 5.74) is 3.20. The van der Waals surface area contributed by atoms with Crippen molar-refractivity contribution in [3.05, 3.63) is 102 Å². The van der Waals surface area contributed by atoms with E-state index in [0.29, 0.717) is 24.2 Å². The minimum atomic E-state index is -0.845. The highest BCUT2D eigenvalue weighted by atomic mass is 16.6. The molecule has 0 bridgehead atoms. The van der Waals surface area contributed by atoms with Crippen LogP contribution in [0.5, 0.6) is 0 Å². The highest BCUT2D eigenvalue weighted by Gasteiger charge is 2.46. The van der Waals surface area contributed by atoms with Crippen molar-refractivity contribution in [3.63, 3.8) is 0 Å². The number of hydrogen-bond donors (Lipinski definition) is 2. The molecular formula is C29H31N3O4. The van der Waals surface area contributed by atoms with Crippen LogP contribution in [0, 0.1) is 5.92 Å². The number of hydrogen-bond acceptors (Lipinski definition) is 4. The van der Waals surface area contributed by atoms with Crippen molar-refractivity contribution in [2.75, 3.05) is 5.32 Å². The van der Waals surface area contributed by atoms with E-state index in [1.807, 2.05) is 74.5 Å². The predicted octanol–water partition coefficient (Wildman–Crippen LogP) is 5.05. The van der Waals surface area contributed by atoms with Gasteiger partial charge in [0, 0.05) is 18.7 Å². The molecule has 0 radical (unpaired) electrons. The second-order valence-electron chi connectivity index (χ2n) is 9.33. The van der Waals surface area contributed by atoms with E-state index in [1.165, 1.54) is 4.90 Å². The Morgan fingerprint density at radius 3 is 2.11 bits per heavy atom. The first-order valence-electron chi connectivity index (χ1n) is 12.1. The molecule has 7 nitrogen and oxygen atoms in total. The molecule has 2 atom stereocenters. The molecule has 36 heavy (non-hydrogen) atoms. The van der Waals surface area contributed by atoms with Crippen LogP contribution >= 0.6 is 0 Å². The molecule has 3 amide bonds. The molecule has 7 heteroatoms. The van der Waals surface area contributed by atoms with Gasteiger partial charge < -0.3 is 15.4 Å². The predicted molar refractivity (Wildman–Crippen MR) is 138 cm³/mol. The lowest BCUT2D eigenvalue weighted by molar-refractivity contribution is -0.126. The number of cyclic esters (lactones) is 1. The number of nitrogens with one attached hydrogen (secondary N) is 2. The monoisotopic (exact) mass is 485 g/mol. The number of rotatable bonds is 9. The van der Waals surface area contributed by atoms with Crippen molar-refractivity contribution in [2.45, 2.75) is 45.5 Å². The fourth-order valence-electron chi connectivity index (χ4n) is 4.22. The maximum atomic E-state index is 13.4. The first-order chi connectivity index (χ1) is 17.4. The van der Waals surface area contributed by atoms with E-state index in [9.17, 15) is 14.4 Å². The molecule has 4 rings (SSSR count). The van der Waals surface area contributed by atoms with Gasteiger partial charge in [0.15, 0.2) is 12.1 Å². The van der Waals surface area contributed by atoms with E-state index < -0.39 is 18.2 Å². The van der Waals surface area contributed by atoms with Gasteiger partial charge in [-0.3, -0.25) is 14.5 Å². The maximum Gasteiger partial charge on any atom is 0.411 e. The van der Waals surface area contributed by atoms with E-state index in [4.69, 9.17) is 4.74 Å². The number of carbonyl (C=O) groups is 3. The van der Waals surface area contributed by atoms with Crippen molar-refractivity contribution in [1.82, 2.24) is 10.2 Å². The second-order valence-corrected chi connectivity index (χ2v) is 9.33. The number of ether oxygens (including phenoxy) is 1. The number of amides is 3. The zero-order chi connectivity index (χ0) is 25.5. The van der Waals surface area contributed by atoms with E-state index in [0.717, 1.165) is 11.1 Å². The second kappa shape index (κ2) is 11.5. The molecule has 3 aromatic rings. The lowest BCUT2D eigenvalue weighted by Gasteiger charge is -2.24. The van der Waals surface area contributed by atoms with E-state index >= 15 is 0 Å². The van der Waals surface area contributed by atoms with Gasteiger partial charge in [-0.1, -0.05) is 86.6 Å². The molecule has 186 valence electrons. The molecule has 1 heterocycles. The van der Waals surface area contributed by atoms with Crippen LogP contribution in [-0.2, 0) is 27.4 Å². The molecular weight excluding hydrogens is 454 g/mol. The third-order valence-electron chi connectivity index (χ3n) is 5.98. The Kier molecular flexibility index (Phi) is 8.00.